The summed E-state index contributed by atoms with van der Waals surface area (Å²) in [6, 6.07) is 9.67. The highest BCUT2D eigenvalue weighted by Gasteiger charge is 2.20. The lowest BCUT2D eigenvalue weighted by atomic mass is 10.2. The first-order chi connectivity index (χ1) is 12.3. The van der Waals surface area contributed by atoms with E-state index in [0.717, 1.165) is 9.87 Å². The maximum absolute atomic E-state index is 12.3. The zero-order valence-electron chi connectivity index (χ0n) is 14.9. The number of amides is 2. The van der Waals surface area contributed by atoms with Crippen molar-refractivity contribution in [2.24, 2.45) is 0 Å². The third kappa shape index (κ3) is 4.93. The second-order valence-electron chi connectivity index (χ2n) is 5.64. The molecule has 0 saturated heterocycles. The standard InChI is InChI=1S/C17H22N4O4S/c1-21(2)26(23,24)15-7-5-4-6-14(15)12-20-17(22)19-11-13-8-9-16(25-3)18-10-13/h4-10H,11-12H2,1-3H3,(H2,19,20,22). The molecule has 26 heavy (non-hydrogen) atoms. The molecule has 2 rings (SSSR count). The molecule has 9 heteroatoms. The molecule has 1 aromatic carbocycles. The van der Waals surface area contributed by atoms with Crippen LogP contribution in [0.5, 0.6) is 5.88 Å². The molecule has 2 amide bonds. The summed E-state index contributed by atoms with van der Waals surface area (Å²) in [5.74, 6) is 0.497. The lowest BCUT2D eigenvalue weighted by molar-refractivity contribution is 0.240. The molecular formula is C17H22N4O4S. The number of nitrogens with one attached hydrogen (secondary N) is 2. The fourth-order valence-electron chi connectivity index (χ4n) is 2.15. The minimum Gasteiger partial charge on any atom is -0.481 e. The van der Waals surface area contributed by atoms with Crippen LogP contribution in [0, 0.1) is 0 Å². The highest BCUT2D eigenvalue weighted by atomic mass is 32.2. The molecule has 0 fully saturated rings. The summed E-state index contributed by atoms with van der Waals surface area (Å²) in [7, 11) is 0.889. The van der Waals surface area contributed by atoms with E-state index in [9.17, 15) is 13.2 Å². The summed E-state index contributed by atoms with van der Waals surface area (Å²) < 4.78 is 30.8. The number of nitrogens with zero attached hydrogens (tertiary/aromatic N) is 2. The van der Waals surface area contributed by atoms with Crippen molar-refractivity contribution in [1.82, 2.24) is 19.9 Å². The smallest absolute Gasteiger partial charge is 0.315 e. The Hall–Kier alpha value is -2.65. The number of urea groups is 1. The quantitative estimate of drug-likeness (QED) is 0.757. The second kappa shape index (κ2) is 8.63. The van der Waals surface area contributed by atoms with Gasteiger partial charge in [-0.15, -0.1) is 0 Å². The van der Waals surface area contributed by atoms with Crippen LogP contribution in [0.15, 0.2) is 47.5 Å². The van der Waals surface area contributed by atoms with Gasteiger partial charge < -0.3 is 15.4 Å². The summed E-state index contributed by atoms with van der Waals surface area (Å²) in [5, 5.41) is 5.36. The summed E-state index contributed by atoms with van der Waals surface area (Å²) in [6.45, 7) is 0.385. The van der Waals surface area contributed by atoms with E-state index in [4.69, 9.17) is 4.74 Å². The molecule has 0 radical (unpaired) electrons. The predicted octanol–water partition coefficient (Wildman–Crippen LogP) is 1.34. The van der Waals surface area contributed by atoms with Gasteiger partial charge in [0, 0.05) is 39.4 Å². The Labute approximate surface area is 153 Å². The first-order valence-corrected chi connectivity index (χ1v) is 9.29. The molecule has 140 valence electrons. The SMILES string of the molecule is COc1ccc(CNC(=O)NCc2ccccc2S(=O)(=O)N(C)C)cn1. The molecule has 0 aliphatic heterocycles. The summed E-state index contributed by atoms with van der Waals surface area (Å²) in [4.78, 5) is 16.2. The fraction of sp³-hybridized carbons (Fsp3) is 0.294. The number of carbonyl (C=O) groups is 1. The van der Waals surface area contributed by atoms with Gasteiger partial charge in [-0.2, -0.15) is 0 Å². The van der Waals surface area contributed by atoms with Crippen LogP contribution < -0.4 is 15.4 Å². The van der Waals surface area contributed by atoms with Crippen LogP contribution >= 0.6 is 0 Å². The number of ether oxygens (including phenoxy) is 1. The normalized spacial score (nSPS) is 11.2. The number of carbonyl (C=O) groups excluding carboxylic acids is 1. The molecule has 0 saturated carbocycles. The number of rotatable bonds is 7. The number of pyridine rings is 1. The highest BCUT2D eigenvalue weighted by Crippen LogP contribution is 2.18. The molecule has 0 aliphatic rings. The molecule has 2 aromatic rings. The second-order valence-corrected chi connectivity index (χ2v) is 7.76. The van der Waals surface area contributed by atoms with Gasteiger partial charge in [-0.3, -0.25) is 0 Å². The largest absolute Gasteiger partial charge is 0.481 e. The Bertz CT molecular complexity index is 851. The van der Waals surface area contributed by atoms with Gasteiger partial charge in [0.15, 0.2) is 0 Å². The van der Waals surface area contributed by atoms with Crippen molar-refractivity contribution in [1.29, 1.82) is 0 Å². The van der Waals surface area contributed by atoms with Gasteiger partial charge in [0.25, 0.3) is 0 Å². The highest BCUT2D eigenvalue weighted by molar-refractivity contribution is 7.89. The zero-order valence-corrected chi connectivity index (χ0v) is 15.7. The number of hydrogen-bond donors (Lipinski definition) is 2. The van der Waals surface area contributed by atoms with Crippen molar-refractivity contribution >= 4 is 16.1 Å². The maximum atomic E-state index is 12.3. The van der Waals surface area contributed by atoms with Gasteiger partial charge in [-0.25, -0.2) is 22.5 Å². The number of sulfonamides is 1. The van der Waals surface area contributed by atoms with E-state index in [1.54, 1.807) is 36.5 Å². The van der Waals surface area contributed by atoms with Crippen molar-refractivity contribution in [3.8, 4) is 5.88 Å². The van der Waals surface area contributed by atoms with E-state index in [1.165, 1.54) is 27.3 Å². The first kappa shape index (κ1) is 19.7. The number of benzene rings is 1. The van der Waals surface area contributed by atoms with Crippen molar-refractivity contribution in [3.05, 3.63) is 53.7 Å². The Morgan fingerprint density at radius 1 is 1.12 bits per heavy atom. The van der Waals surface area contributed by atoms with E-state index < -0.39 is 16.1 Å². The Balaban J connectivity index is 1.95. The monoisotopic (exact) mass is 378 g/mol. The molecule has 0 aliphatic carbocycles. The third-order valence-corrected chi connectivity index (χ3v) is 5.55. The molecule has 0 spiro atoms. The van der Waals surface area contributed by atoms with Gasteiger partial charge in [0.2, 0.25) is 15.9 Å². The Kier molecular flexibility index (Phi) is 6.53. The van der Waals surface area contributed by atoms with Crippen LogP contribution in [0.3, 0.4) is 0 Å². The van der Waals surface area contributed by atoms with E-state index in [-0.39, 0.29) is 11.4 Å². The lowest BCUT2D eigenvalue weighted by Crippen LogP contribution is -2.35. The van der Waals surface area contributed by atoms with Crippen molar-refractivity contribution < 1.29 is 17.9 Å². The fourth-order valence-corrected chi connectivity index (χ4v) is 3.27. The van der Waals surface area contributed by atoms with Crippen molar-refractivity contribution in [2.45, 2.75) is 18.0 Å². The Morgan fingerprint density at radius 3 is 2.42 bits per heavy atom. The van der Waals surface area contributed by atoms with E-state index in [0.29, 0.717) is 18.0 Å². The molecule has 0 bridgehead atoms. The average Bonchev–Trinajstić information content (AvgIpc) is 2.65. The van der Waals surface area contributed by atoms with Gasteiger partial charge in [-0.05, 0) is 17.2 Å². The van der Waals surface area contributed by atoms with Crippen LogP contribution in [-0.4, -0.2) is 44.9 Å². The zero-order chi connectivity index (χ0) is 19.2. The van der Waals surface area contributed by atoms with Gasteiger partial charge >= 0.3 is 6.03 Å². The predicted molar refractivity (Wildman–Crippen MR) is 97.2 cm³/mol. The van der Waals surface area contributed by atoms with Crippen molar-refractivity contribution in [2.75, 3.05) is 21.2 Å². The average molecular weight is 378 g/mol. The molecule has 2 N–H and O–H groups in total. The molecule has 8 nitrogen and oxygen atoms in total. The maximum Gasteiger partial charge on any atom is 0.315 e. The van der Waals surface area contributed by atoms with Crippen LogP contribution in [0.25, 0.3) is 0 Å². The van der Waals surface area contributed by atoms with Crippen LogP contribution in [0.4, 0.5) is 4.79 Å². The summed E-state index contributed by atoms with van der Waals surface area (Å²) in [6.07, 6.45) is 1.61. The molecule has 1 heterocycles. The van der Waals surface area contributed by atoms with Crippen LogP contribution in [0.1, 0.15) is 11.1 Å². The van der Waals surface area contributed by atoms with Crippen LogP contribution in [0.2, 0.25) is 0 Å². The minimum atomic E-state index is -3.58. The molecular weight excluding hydrogens is 356 g/mol. The van der Waals surface area contributed by atoms with Gasteiger partial charge in [-0.1, -0.05) is 24.3 Å². The number of methoxy groups -OCH3 is 1. The summed E-state index contributed by atoms with van der Waals surface area (Å²) >= 11 is 0. The first-order valence-electron chi connectivity index (χ1n) is 7.85. The number of aromatic nitrogens is 1. The lowest BCUT2D eigenvalue weighted by Gasteiger charge is -2.15. The molecule has 0 unspecified atom stereocenters. The van der Waals surface area contributed by atoms with E-state index in [1.807, 2.05) is 0 Å². The summed E-state index contributed by atoms with van der Waals surface area (Å²) in [5.41, 5.74) is 1.33. The van der Waals surface area contributed by atoms with Gasteiger partial charge in [0.05, 0.1) is 12.0 Å². The minimum absolute atomic E-state index is 0.0932. The third-order valence-electron chi connectivity index (χ3n) is 3.63. The number of hydrogen-bond acceptors (Lipinski definition) is 5. The van der Waals surface area contributed by atoms with Crippen LogP contribution in [-0.2, 0) is 23.1 Å². The molecule has 1 aromatic heterocycles. The Morgan fingerprint density at radius 2 is 1.81 bits per heavy atom. The molecule has 0 atom stereocenters. The topological polar surface area (TPSA) is 101 Å². The van der Waals surface area contributed by atoms with E-state index >= 15 is 0 Å². The van der Waals surface area contributed by atoms with Crippen molar-refractivity contribution in [3.63, 3.8) is 0 Å². The van der Waals surface area contributed by atoms with E-state index in [2.05, 4.69) is 15.6 Å². The van der Waals surface area contributed by atoms with Gasteiger partial charge in [0.1, 0.15) is 0 Å².